The number of hydrogen-bond acceptors (Lipinski definition) is 3. The normalized spacial score (nSPS) is 9.83. The summed E-state index contributed by atoms with van der Waals surface area (Å²) < 4.78 is 7.17. The fourth-order valence-electron chi connectivity index (χ4n) is 1.66. The Hall–Kier alpha value is -2.06. The minimum Gasteiger partial charge on any atom is -0.464 e. The van der Waals surface area contributed by atoms with Crippen LogP contribution in [0.1, 0.15) is 16.1 Å². The molecular weight excluding hydrogens is 296 g/mol. The van der Waals surface area contributed by atoms with Crippen LogP contribution in [0.5, 0.6) is 0 Å². The summed E-state index contributed by atoms with van der Waals surface area (Å²) in [6.45, 7) is 0. The Bertz CT molecular complexity index is 641. The van der Waals surface area contributed by atoms with E-state index in [2.05, 4.69) is 22.0 Å². The molecule has 2 rings (SSSR count). The van der Waals surface area contributed by atoms with Crippen molar-refractivity contribution in [2.24, 2.45) is 0 Å². The molecule has 0 N–H and O–H groups in total. The molecule has 0 fully saturated rings. The van der Waals surface area contributed by atoms with Gasteiger partial charge < -0.3 is 9.30 Å². The molecule has 0 saturated carbocycles. The summed E-state index contributed by atoms with van der Waals surface area (Å²) in [5.74, 6) is -0.441. The zero-order chi connectivity index (χ0) is 13.1. The fraction of sp³-hybridized carbons (Fsp3) is 0.0769. The van der Waals surface area contributed by atoms with Gasteiger partial charge in [0.15, 0.2) is 0 Å². The van der Waals surface area contributed by atoms with E-state index in [-0.39, 0.29) is 0 Å². The van der Waals surface area contributed by atoms with E-state index in [1.807, 2.05) is 0 Å². The molecule has 4 nitrogen and oxygen atoms in total. The summed E-state index contributed by atoms with van der Waals surface area (Å²) in [5, 5.41) is 9.10. The highest BCUT2D eigenvalue weighted by Gasteiger charge is 2.14. The molecule has 2 aromatic rings. The van der Waals surface area contributed by atoms with Gasteiger partial charge in [0.25, 0.3) is 0 Å². The van der Waals surface area contributed by atoms with E-state index >= 15 is 0 Å². The second-order valence-corrected chi connectivity index (χ2v) is 4.44. The number of esters is 1. The summed E-state index contributed by atoms with van der Waals surface area (Å²) in [6, 6.07) is 10.7. The number of rotatable bonds is 2. The average molecular weight is 305 g/mol. The minimum absolute atomic E-state index is 0.382. The van der Waals surface area contributed by atoms with Crippen LogP contribution in [0.2, 0.25) is 0 Å². The number of nitriles is 1. The number of aromatic nitrogens is 1. The van der Waals surface area contributed by atoms with E-state index < -0.39 is 5.97 Å². The third kappa shape index (κ3) is 2.15. The zero-order valence-corrected chi connectivity index (χ0v) is 11.1. The Labute approximate surface area is 113 Å². The van der Waals surface area contributed by atoms with Crippen molar-refractivity contribution in [3.05, 3.63) is 52.3 Å². The molecule has 1 aromatic heterocycles. The molecule has 5 heteroatoms. The van der Waals surface area contributed by atoms with E-state index in [0.29, 0.717) is 16.9 Å². The number of carbonyl (C=O) groups is 1. The van der Waals surface area contributed by atoms with Crippen LogP contribution in [0.25, 0.3) is 5.69 Å². The Balaban J connectivity index is 2.63. The lowest BCUT2D eigenvalue weighted by atomic mass is 10.2. The molecule has 0 saturated heterocycles. The van der Waals surface area contributed by atoms with Crippen molar-refractivity contribution in [2.75, 3.05) is 7.11 Å². The van der Waals surface area contributed by atoms with Crippen LogP contribution in [-0.2, 0) is 4.74 Å². The van der Waals surface area contributed by atoms with Crippen molar-refractivity contribution in [1.82, 2.24) is 4.57 Å². The van der Waals surface area contributed by atoms with Gasteiger partial charge in [-0.3, -0.25) is 0 Å². The van der Waals surface area contributed by atoms with Gasteiger partial charge in [-0.1, -0.05) is 15.9 Å². The molecule has 0 amide bonds. The van der Waals surface area contributed by atoms with Crippen LogP contribution in [-0.4, -0.2) is 17.6 Å². The monoisotopic (exact) mass is 304 g/mol. The van der Waals surface area contributed by atoms with Crippen LogP contribution < -0.4 is 0 Å². The summed E-state index contributed by atoms with van der Waals surface area (Å²) in [4.78, 5) is 11.6. The van der Waals surface area contributed by atoms with Gasteiger partial charge in [-0.15, -0.1) is 0 Å². The van der Waals surface area contributed by atoms with Crippen molar-refractivity contribution < 1.29 is 9.53 Å². The fourth-order valence-corrected chi connectivity index (χ4v) is 2.01. The molecule has 0 atom stereocenters. The maximum atomic E-state index is 11.6. The van der Waals surface area contributed by atoms with Crippen LogP contribution in [0.15, 0.2) is 41.0 Å². The molecule has 18 heavy (non-hydrogen) atoms. The predicted octanol–water partition coefficient (Wildman–Crippen LogP) is 2.90. The molecule has 1 aromatic carbocycles. The lowest BCUT2D eigenvalue weighted by molar-refractivity contribution is 0.0591. The number of methoxy groups -OCH3 is 1. The highest BCUT2D eigenvalue weighted by Crippen LogP contribution is 2.22. The molecular formula is C13H9BrN2O2. The van der Waals surface area contributed by atoms with Gasteiger partial charge in [0.1, 0.15) is 11.8 Å². The van der Waals surface area contributed by atoms with Crippen molar-refractivity contribution in [3.63, 3.8) is 0 Å². The van der Waals surface area contributed by atoms with Crippen molar-refractivity contribution in [3.8, 4) is 11.8 Å². The first-order valence-electron chi connectivity index (χ1n) is 5.13. The van der Waals surface area contributed by atoms with Gasteiger partial charge >= 0.3 is 5.97 Å². The Morgan fingerprint density at radius 2 is 2.22 bits per heavy atom. The molecule has 0 unspecified atom stereocenters. The first-order chi connectivity index (χ1) is 8.67. The van der Waals surface area contributed by atoms with Gasteiger partial charge in [-0.25, -0.2) is 4.79 Å². The van der Waals surface area contributed by atoms with E-state index in [1.54, 1.807) is 41.1 Å². The van der Waals surface area contributed by atoms with Gasteiger partial charge in [0.2, 0.25) is 0 Å². The van der Waals surface area contributed by atoms with E-state index in [4.69, 9.17) is 10.00 Å². The van der Waals surface area contributed by atoms with E-state index in [1.165, 1.54) is 7.11 Å². The quantitative estimate of drug-likeness (QED) is 0.802. The van der Waals surface area contributed by atoms with Gasteiger partial charge in [0, 0.05) is 10.7 Å². The predicted molar refractivity (Wildman–Crippen MR) is 69.5 cm³/mol. The van der Waals surface area contributed by atoms with E-state index in [9.17, 15) is 4.79 Å². The Kier molecular flexibility index (Phi) is 3.49. The van der Waals surface area contributed by atoms with Crippen LogP contribution >= 0.6 is 15.9 Å². The zero-order valence-electron chi connectivity index (χ0n) is 9.55. The third-order valence-corrected chi connectivity index (χ3v) is 2.98. The maximum Gasteiger partial charge on any atom is 0.355 e. The summed E-state index contributed by atoms with van der Waals surface area (Å²) in [5.41, 5.74) is 1.50. The molecule has 1 heterocycles. The number of hydrogen-bond donors (Lipinski definition) is 0. The minimum atomic E-state index is -0.441. The molecule has 0 bridgehead atoms. The SMILES string of the molecule is COC(=O)c1cccn1-c1cc(Br)ccc1C#N. The first-order valence-corrected chi connectivity index (χ1v) is 5.92. The van der Waals surface area contributed by atoms with E-state index in [0.717, 1.165) is 4.47 Å². The van der Waals surface area contributed by atoms with Gasteiger partial charge in [-0.05, 0) is 30.3 Å². The molecule has 0 spiro atoms. The standard InChI is InChI=1S/C13H9BrN2O2/c1-18-13(17)11-3-2-6-16(11)12-7-10(14)5-4-9(12)8-15/h2-7H,1H3. The third-order valence-electron chi connectivity index (χ3n) is 2.48. The largest absolute Gasteiger partial charge is 0.464 e. The lowest BCUT2D eigenvalue weighted by Gasteiger charge is -2.09. The van der Waals surface area contributed by atoms with Gasteiger partial charge in [0.05, 0.1) is 18.4 Å². The van der Waals surface area contributed by atoms with Crippen molar-refractivity contribution in [1.29, 1.82) is 5.26 Å². The molecule has 0 aliphatic carbocycles. The Morgan fingerprint density at radius 1 is 1.44 bits per heavy atom. The summed E-state index contributed by atoms with van der Waals surface area (Å²) in [7, 11) is 1.33. The smallest absolute Gasteiger partial charge is 0.355 e. The molecule has 0 radical (unpaired) electrons. The number of halogens is 1. The summed E-state index contributed by atoms with van der Waals surface area (Å²) in [6.07, 6.45) is 1.72. The second-order valence-electron chi connectivity index (χ2n) is 3.53. The second kappa shape index (κ2) is 5.07. The van der Waals surface area contributed by atoms with Crippen molar-refractivity contribution in [2.45, 2.75) is 0 Å². The summed E-state index contributed by atoms with van der Waals surface area (Å²) >= 11 is 3.35. The van der Waals surface area contributed by atoms with Crippen LogP contribution in [0.4, 0.5) is 0 Å². The van der Waals surface area contributed by atoms with Crippen LogP contribution in [0.3, 0.4) is 0 Å². The highest BCUT2D eigenvalue weighted by molar-refractivity contribution is 9.10. The number of carbonyl (C=O) groups excluding carboxylic acids is 1. The number of nitrogens with zero attached hydrogens (tertiary/aromatic N) is 2. The Morgan fingerprint density at radius 3 is 2.89 bits per heavy atom. The molecule has 90 valence electrons. The highest BCUT2D eigenvalue weighted by atomic mass is 79.9. The number of benzene rings is 1. The topological polar surface area (TPSA) is 55.0 Å². The van der Waals surface area contributed by atoms with Crippen molar-refractivity contribution >= 4 is 21.9 Å². The first kappa shape index (κ1) is 12.4. The molecule has 0 aliphatic heterocycles. The van der Waals surface area contributed by atoms with Crippen LogP contribution in [0, 0.1) is 11.3 Å². The molecule has 0 aliphatic rings. The maximum absolute atomic E-state index is 11.6. The average Bonchev–Trinajstić information content (AvgIpc) is 2.86. The number of ether oxygens (including phenoxy) is 1. The van der Waals surface area contributed by atoms with Gasteiger partial charge in [-0.2, -0.15) is 5.26 Å². The lowest BCUT2D eigenvalue weighted by Crippen LogP contribution is -2.09.